The molecule has 0 N–H and O–H groups in total. The van der Waals surface area contributed by atoms with Gasteiger partial charge in [0.15, 0.2) is 0 Å². The van der Waals surface area contributed by atoms with Crippen LogP contribution < -0.4 is 0 Å². The van der Waals surface area contributed by atoms with Crippen molar-refractivity contribution in [3.8, 4) is 11.4 Å². The summed E-state index contributed by atoms with van der Waals surface area (Å²) < 4.78 is 5.03. The number of hydrogen-bond acceptors (Lipinski definition) is 0. The van der Waals surface area contributed by atoms with Crippen molar-refractivity contribution in [2.45, 2.75) is 51.9 Å². The molecule has 1 atom stereocenters. The summed E-state index contributed by atoms with van der Waals surface area (Å²) in [6.07, 6.45) is 6.30. The first kappa shape index (κ1) is 24.7. The zero-order valence-electron chi connectivity index (χ0n) is 23.5. The fourth-order valence-corrected chi connectivity index (χ4v) is 6.82. The van der Waals surface area contributed by atoms with E-state index >= 15 is 0 Å². The molecule has 0 fully saturated rings. The lowest BCUT2D eigenvalue weighted by Gasteiger charge is -2.24. The number of para-hydroxylation sites is 4. The molecule has 198 valence electrons. The highest BCUT2D eigenvalue weighted by molar-refractivity contribution is 6.10. The van der Waals surface area contributed by atoms with E-state index in [-0.39, 0.29) is 0 Å². The van der Waals surface area contributed by atoms with E-state index in [1.807, 2.05) is 0 Å². The average Bonchev–Trinajstić information content (AvgIpc) is 3.52. The Morgan fingerprint density at radius 3 is 1.27 bits per heavy atom. The van der Waals surface area contributed by atoms with Crippen LogP contribution in [0.25, 0.3) is 55.0 Å². The standard InChI is InChI=1S/C38H36N2/c1-3-4-5-6-16-27(2)38-36(39-32-21-11-7-17-28(32)29-18-8-12-22-33(29)39)25-15-26-37(38)40-34-23-13-9-19-30(34)31-20-10-14-24-35(31)40/h7-15,17-27H,3-6,16H2,1-2H3. The highest BCUT2D eigenvalue weighted by Crippen LogP contribution is 2.41. The smallest absolute Gasteiger partial charge is 0.0541 e. The molecule has 0 radical (unpaired) electrons. The second kappa shape index (κ2) is 10.4. The van der Waals surface area contributed by atoms with E-state index in [1.165, 1.54) is 92.7 Å². The Morgan fingerprint density at radius 1 is 0.475 bits per heavy atom. The summed E-state index contributed by atoms with van der Waals surface area (Å²) in [6, 6.07) is 42.4. The van der Waals surface area contributed by atoms with Gasteiger partial charge in [-0.2, -0.15) is 0 Å². The lowest BCUT2D eigenvalue weighted by molar-refractivity contribution is 0.578. The molecule has 0 aliphatic carbocycles. The number of unbranched alkanes of at least 4 members (excludes halogenated alkanes) is 3. The van der Waals surface area contributed by atoms with Gasteiger partial charge in [-0.05, 0) is 48.7 Å². The largest absolute Gasteiger partial charge is 0.309 e. The molecule has 0 bridgehead atoms. The fraction of sp³-hybridized carbons (Fsp3) is 0.211. The van der Waals surface area contributed by atoms with E-state index in [2.05, 4.69) is 138 Å². The Hall–Kier alpha value is -4.30. The topological polar surface area (TPSA) is 9.86 Å². The Bertz CT molecular complexity index is 1730. The first-order chi connectivity index (χ1) is 19.8. The van der Waals surface area contributed by atoms with Gasteiger partial charge >= 0.3 is 0 Å². The molecule has 0 aliphatic rings. The molecule has 0 spiro atoms. The van der Waals surface area contributed by atoms with Crippen LogP contribution in [0.2, 0.25) is 0 Å². The third-order valence-electron chi connectivity index (χ3n) is 8.69. The summed E-state index contributed by atoms with van der Waals surface area (Å²) in [5.74, 6) is 0.405. The van der Waals surface area contributed by atoms with Crippen molar-refractivity contribution in [1.29, 1.82) is 0 Å². The highest BCUT2D eigenvalue weighted by Gasteiger charge is 2.23. The van der Waals surface area contributed by atoms with Crippen molar-refractivity contribution in [3.63, 3.8) is 0 Å². The normalized spacial score (nSPS) is 12.7. The van der Waals surface area contributed by atoms with Crippen molar-refractivity contribution in [2.24, 2.45) is 0 Å². The number of nitrogens with zero attached hydrogens (tertiary/aromatic N) is 2. The monoisotopic (exact) mass is 520 g/mol. The van der Waals surface area contributed by atoms with Crippen LogP contribution in [0.15, 0.2) is 115 Å². The third-order valence-corrected chi connectivity index (χ3v) is 8.69. The van der Waals surface area contributed by atoms with Gasteiger partial charge in [0, 0.05) is 27.1 Å². The maximum atomic E-state index is 2.51. The quantitative estimate of drug-likeness (QED) is 0.176. The third kappa shape index (κ3) is 3.93. The Labute approximate surface area is 236 Å². The number of rotatable bonds is 8. The van der Waals surface area contributed by atoms with E-state index in [4.69, 9.17) is 0 Å². The summed E-state index contributed by atoms with van der Waals surface area (Å²) in [7, 11) is 0. The summed E-state index contributed by atoms with van der Waals surface area (Å²) in [5, 5.41) is 5.23. The molecular weight excluding hydrogens is 484 g/mol. The molecule has 40 heavy (non-hydrogen) atoms. The molecule has 2 aromatic heterocycles. The summed E-state index contributed by atoms with van der Waals surface area (Å²) in [4.78, 5) is 0. The molecule has 2 heterocycles. The van der Waals surface area contributed by atoms with Crippen molar-refractivity contribution < 1.29 is 0 Å². The fourth-order valence-electron chi connectivity index (χ4n) is 6.82. The van der Waals surface area contributed by atoms with Gasteiger partial charge < -0.3 is 9.13 Å². The minimum Gasteiger partial charge on any atom is -0.309 e. The van der Waals surface area contributed by atoms with Gasteiger partial charge in [-0.3, -0.25) is 0 Å². The molecule has 2 nitrogen and oxygen atoms in total. The van der Waals surface area contributed by atoms with Crippen LogP contribution in [0.1, 0.15) is 57.4 Å². The number of aromatic nitrogens is 2. The van der Waals surface area contributed by atoms with Crippen LogP contribution in [0.3, 0.4) is 0 Å². The number of benzene rings is 5. The second-order valence-corrected chi connectivity index (χ2v) is 11.2. The zero-order chi connectivity index (χ0) is 27.1. The predicted molar refractivity (Wildman–Crippen MR) is 172 cm³/mol. The molecule has 7 aromatic rings. The molecule has 1 unspecified atom stereocenters. The second-order valence-electron chi connectivity index (χ2n) is 11.2. The predicted octanol–water partition coefficient (Wildman–Crippen LogP) is 11.0. The van der Waals surface area contributed by atoms with E-state index in [1.54, 1.807) is 0 Å². The lowest BCUT2D eigenvalue weighted by Crippen LogP contribution is -2.09. The average molecular weight is 521 g/mol. The minimum absolute atomic E-state index is 0.405. The van der Waals surface area contributed by atoms with Crippen LogP contribution in [-0.4, -0.2) is 9.13 Å². The van der Waals surface area contributed by atoms with Gasteiger partial charge in [-0.15, -0.1) is 0 Å². The van der Waals surface area contributed by atoms with Crippen LogP contribution in [-0.2, 0) is 0 Å². The first-order valence-corrected chi connectivity index (χ1v) is 14.9. The van der Waals surface area contributed by atoms with E-state index in [0.717, 1.165) is 0 Å². The van der Waals surface area contributed by atoms with Crippen LogP contribution >= 0.6 is 0 Å². The van der Waals surface area contributed by atoms with E-state index in [9.17, 15) is 0 Å². The SMILES string of the molecule is CCCCCCC(C)c1c(-n2c3ccccc3c3ccccc32)cccc1-n1c2ccccc2c2ccccc21. The number of hydrogen-bond donors (Lipinski definition) is 0. The molecule has 0 amide bonds. The van der Waals surface area contributed by atoms with Crippen LogP contribution in [0.5, 0.6) is 0 Å². The molecule has 7 rings (SSSR count). The van der Waals surface area contributed by atoms with Crippen LogP contribution in [0, 0.1) is 0 Å². The maximum Gasteiger partial charge on any atom is 0.0541 e. The number of fused-ring (bicyclic) bond motifs is 6. The Morgan fingerprint density at radius 2 is 0.875 bits per heavy atom. The molecule has 0 aliphatic heterocycles. The molecule has 0 saturated heterocycles. The van der Waals surface area contributed by atoms with Gasteiger partial charge in [-0.25, -0.2) is 0 Å². The van der Waals surface area contributed by atoms with Crippen molar-refractivity contribution in [2.75, 3.05) is 0 Å². The van der Waals surface area contributed by atoms with Gasteiger partial charge in [-0.1, -0.05) is 118 Å². The minimum atomic E-state index is 0.405. The van der Waals surface area contributed by atoms with Gasteiger partial charge in [0.1, 0.15) is 0 Å². The van der Waals surface area contributed by atoms with Crippen molar-refractivity contribution in [1.82, 2.24) is 9.13 Å². The molecule has 0 saturated carbocycles. The molecular formula is C38H36N2. The van der Waals surface area contributed by atoms with Crippen LogP contribution in [0.4, 0.5) is 0 Å². The van der Waals surface area contributed by atoms with Gasteiger partial charge in [0.25, 0.3) is 0 Å². The van der Waals surface area contributed by atoms with E-state index < -0.39 is 0 Å². The molecule has 2 heteroatoms. The van der Waals surface area contributed by atoms with Gasteiger partial charge in [0.05, 0.1) is 33.4 Å². The van der Waals surface area contributed by atoms with Crippen molar-refractivity contribution in [3.05, 3.63) is 121 Å². The molecule has 5 aromatic carbocycles. The first-order valence-electron chi connectivity index (χ1n) is 14.9. The summed E-state index contributed by atoms with van der Waals surface area (Å²) in [6.45, 7) is 4.73. The van der Waals surface area contributed by atoms with Gasteiger partial charge in [0.2, 0.25) is 0 Å². The maximum absolute atomic E-state index is 2.51. The Kier molecular flexibility index (Phi) is 6.40. The van der Waals surface area contributed by atoms with Crippen molar-refractivity contribution >= 4 is 43.6 Å². The lowest BCUT2D eigenvalue weighted by atomic mass is 9.91. The summed E-state index contributed by atoms with van der Waals surface area (Å²) in [5.41, 5.74) is 9.08. The summed E-state index contributed by atoms with van der Waals surface area (Å²) >= 11 is 0. The Balaban J connectivity index is 1.55. The van der Waals surface area contributed by atoms with E-state index in [0.29, 0.717) is 5.92 Å². The highest BCUT2D eigenvalue weighted by atomic mass is 15.0. The zero-order valence-corrected chi connectivity index (χ0v) is 23.5.